The Morgan fingerprint density at radius 1 is 1.07 bits per heavy atom. The average Bonchev–Trinajstić information content (AvgIpc) is 2.66. The second kappa shape index (κ2) is 12.8. The molecule has 0 saturated heterocycles. The monoisotopic (exact) mass is 406 g/mol. The van der Waals surface area contributed by atoms with Crippen LogP contribution in [0.25, 0.3) is 0 Å². The molecule has 0 aromatic heterocycles. The number of ether oxygens (including phenoxy) is 2. The van der Waals surface area contributed by atoms with Crippen molar-refractivity contribution in [2.24, 2.45) is 0 Å². The molecule has 0 bridgehead atoms. The number of alkyl carbamates (subject to hydrolysis) is 1. The Morgan fingerprint density at radius 2 is 1.76 bits per heavy atom. The molecule has 0 radical (unpaired) electrons. The van der Waals surface area contributed by atoms with Crippen molar-refractivity contribution in [1.29, 1.82) is 0 Å². The largest absolute Gasteiger partial charge is 0.458 e. The van der Waals surface area contributed by atoms with E-state index in [0.29, 0.717) is 6.54 Å². The number of amides is 2. The highest BCUT2D eigenvalue weighted by Crippen LogP contribution is 2.11. The van der Waals surface area contributed by atoms with Crippen LogP contribution in [0.5, 0.6) is 0 Å². The van der Waals surface area contributed by atoms with Crippen LogP contribution >= 0.6 is 0 Å². The Hall–Kier alpha value is -2.57. The van der Waals surface area contributed by atoms with Crippen molar-refractivity contribution >= 4 is 18.0 Å². The minimum Gasteiger partial charge on any atom is -0.458 e. The fourth-order valence-corrected chi connectivity index (χ4v) is 2.50. The molecule has 7 heteroatoms. The van der Waals surface area contributed by atoms with E-state index in [9.17, 15) is 14.4 Å². The van der Waals surface area contributed by atoms with Gasteiger partial charge in [-0.1, -0.05) is 50.1 Å². The molecule has 1 unspecified atom stereocenters. The maximum absolute atomic E-state index is 12.5. The summed E-state index contributed by atoms with van der Waals surface area (Å²) in [6.45, 7) is 8.03. The molecule has 1 aromatic rings. The molecule has 162 valence electrons. The summed E-state index contributed by atoms with van der Waals surface area (Å²) in [6, 6.07) is 8.27. The van der Waals surface area contributed by atoms with Gasteiger partial charge in [-0.3, -0.25) is 4.79 Å². The molecule has 0 heterocycles. The first kappa shape index (κ1) is 24.5. The maximum Gasteiger partial charge on any atom is 0.408 e. The highest BCUT2D eigenvalue weighted by Gasteiger charge is 2.27. The summed E-state index contributed by atoms with van der Waals surface area (Å²) in [4.78, 5) is 36.6. The molecule has 0 aliphatic carbocycles. The summed E-state index contributed by atoms with van der Waals surface area (Å²) in [7, 11) is 0. The number of carbonyl (C=O) groups excluding carboxylic acids is 3. The fourth-order valence-electron chi connectivity index (χ4n) is 2.50. The van der Waals surface area contributed by atoms with Crippen LogP contribution in [0.2, 0.25) is 0 Å². The quantitative estimate of drug-likeness (QED) is 0.432. The second-order valence-corrected chi connectivity index (χ2v) is 7.89. The van der Waals surface area contributed by atoms with Crippen molar-refractivity contribution in [3.8, 4) is 0 Å². The highest BCUT2D eigenvalue weighted by atomic mass is 16.6. The van der Waals surface area contributed by atoms with Crippen molar-refractivity contribution in [3.05, 3.63) is 35.9 Å². The van der Waals surface area contributed by atoms with Crippen LogP contribution in [0.1, 0.15) is 65.4 Å². The number of carbonyl (C=O) groups is 3. The van der Waals surface area contributed by atoms with E-state index in [1.807, 2.05) is 30.3 Å². The lowest BCUT2D eigenvalue weighted by molar-refractivity contribution is -0.157. The number of hydrogen-bond acceptors (Lipinski definition) is 5. The first-order valence-corrected chi connectivity index (χ1v) is 10.2. The van der Waals surface area contributed by atoms with Gasteiger partial charge in [0.2, 0.25) is 5.91 Å². The third-order valence-corrected chi connectivity index (χ3v) is 3.96. The van der Waals surface area contributed by atoms with E-state index in [2.05, 4.69) is 17.6 Å². The molecule has 1 aromatic carbocycles. The van der Waals surface area contributed by atoms with Crippen LogP contribution in [0.3, 0.4) is 0 Å². The Morgan fingerprint density at radius 3 is 2.38 bits per heavy atom. The van der Waals surface area contributed by atoms with E-state index in [1.54, 1.807) is 20.8 Å². The van der Waals surface area contributed by atoms with Crippen molar-refractivity contribution in [1.82, 2.24) is 10.6 Å². The van der Waals surface area contributed by atoms with Crippen molar-refractivity contribution in [2.75, 3.05) is 6.54 Å². The lowest BCUT2D eigenvalue weighted by atomic mass is 10.1. The van der Waals surface area contributed by atoms with Crippen LogP contribution in [0.4, 0.5) is 4.79 Å². The zero-order valence-electron chi connectivity index (χ0n) is 18.0. The molecule has 1 atom stereocenters. The number of unbranched alkanes of at least 4 members (excludes halogenated alkanes) is 2. The Bertz CT molecular complexity index is 640. The number of rotatable bonds is 11. The number of nitrogens with one attached hydrogen (secondary N) is 2. The van der Waals surface area contributed by atoms with Crippen LogP contribution < -0.4 is 10.6 Å². The van der Waals surface area contributed by atoms with E-state index in [0.717, 1.165) is 24.8 Å². The van der Waals surface area contributed by atoms with Crippen molar-refractivity contribution < 1.29 is 23.9 Å². The average molecular weight is 407 g/mol. The Balaban J connectivity index is 2.57. The first-order valence-electron chi connectivity index (χ1n) is 10.2. The predicted molar refractivity (Wildman–Crippen MR) is 111 cm³/mol. The van der Waals surface area contributed by atoms with Gasteiger partial charge in [-0.05, 0) is 39.2 Å². The summed E-state index contributed by atoms with van der Waals surface area (Å²) in [5, 5.41) is 5.35. The Labute approximate surface area is 173 Å². The van der Waals surface area contributed by atoms with Crippen molar-refractivity contribution in [3.63, 3.8) is 0 Å². The molecular formula is C22H34N2O5. The van der Waals surface area contributed by atoms with E-state index in [-0.39, 0.29) is 25.4 Å². The SMILES string of the molecule is CCCCCNC(=O)CCC(NC(=O)OCc1ccccc1)C(=O)OC(C)(C)C. The van der Waals surface area contributed by atoms with Gasteiger partial charge in [0.25, 0.3) is 0 Å². The summed E-state index contributed by atoms with van der Waals surface area (Å²) in [5.74, 6) is -0.748. The van der Waals surface area contributed by atoms with Gasteiger partial charge in [0.05, 0.1) is 0 Å². The van der Waals surface area contributed by atoms with Crippen LogP contribution in [-0.2, 0) is 25.7 Å². The molecule has 0 fully saturated rings. The van der Waals surface area contributed by atoms with Gasteiger partial charge in [-0.15, -0.1) is 0 Å². The van der Waals surface area contributed by atoms with E-state index in [4.69, 9.17) is 9.47 Å². The van der Waals surface area contributed by atoms with Crippen LogP contribution in [0, 0.1) is 0 Å². The molecule has 0 spiro atoms. The zero-order chi connectivity index (χ0) is 21.7. The zero-order valence-corrected chi connectivity index (χ0v) is 18.0. The predicted octanol–water partition coefficient (Wildman–Crippen LogP) is 3.71. The fraction of sp³-hybridized carbons (Fsp3) is 0.591. The van der Waals surface area contributed by atoms with E-state index < -0.39 is 23.7 Å². The molecule has 2 amide bonds. The highest BCUT2D eigenvalue weighted by molar-refractivity contribution is 5.83. The Kier molecular flexibility index (Phi) is 10.8. The lowest BCUT2D eigenvalue weighted by Crippen LogP contribution is -2.45. The van der Waals surface area contributed by atoms with Gasteiger partial charge in [-0.2, -0.15) is 0 Å². The lowest BCUT2D eigenvalue weighted by Gasteiger charge is -2.24. The summed E-state index contributed by atoms with van der Waals surface area (Å²) < 4.78 is 10.5. The normalized spacial score (nSPS) is 12.0. The third-order valence-electron chi connectivity index (χ3n) is 3.96. The molecular weight excluding hydrogens is 372 g/mol. The third kappa shape index (κ3) is 11.8. The number of esters is 1. The summed E-state index contributed by atoms with van der Waals surface area (Å²) in [5.41, 5.74) is 0.135. The topological polar surface area (TPSA) is 93.7 Å². The standard InChI is InChI=1S/C22H34N2O5/c1-5-6-10-15-23-19(25)14-13-18(20(26)29-22(2,3)4)24-21(27)28-16-17-11-8-7-9-12-17/h7-9,11-12,18H,5-6,10,13-16H2,1-4H3,(H,23,25)(H,24,27). The molecule has 29 heavy (non-hydrogen) atoms. The number of hydrogen-bond donors (Lipinski definition) is 2. The second-order valence-electron chi connectivity index (χ2n) is 7.89. The van der Waals surface area contributed by atoms with E-state index in [1.165, 1.54) is 0 Å². The van der Waals surface area contributed by atoms with Gasteiger partial charge >= 0.3 is 12.1 Å². The molecule has 2 N–H and O–H groups in total. The molecule has 0 aliphatic rings. The van der Waals surface area contributed by atoms with Crippen LogP contribution in [-0.4, -0.2) is 36.2 Å². The molecule has 7 nitrogen and oxygen atoms in total. The smallest absolute Gasteiger partial charge is 0.408 e. The van der Waals surface area contributed by atoms with Gasteiger partial charge < -0.3 is 20.1 Å². The molecule has 1 rings (SSSR count). The van der Waals surface area contributed by atoms with Gasteiger partial charge in [-0.25, -0.2) is 9.59 Å². The van der Waals surface area contributed by atoms with Gasteiger partial charge in [0.1, 0.15) is 18.2 Å². The van der Waals surface area contributed by atoms with E-state index >= 15 is 0 Å². The summed E-state index contributed by atoms with van der Waals surface area (Å²) >= 11 is 0. The first-order chi connectivity index (χ1) is 13.7. The number of benzene rings is 1. The van der Waals surface area contributed by atoms with Crippen molar-refractivity contribution in [2.45, 2.75) is 78.0 Å². The van der Waals surface area contributed by atoms with Crippen LogP contribution in [0.15, 0.2) is 30.3 Å². The minimum atomic E-state index is -0.959. The minimum absolute atomic E-state index is 0.0889. The summed E-state index contributed by atoms with van der Waals surface area (Å²) in [6.07, 6.45) is 2.56. The maximum atomic E-state index is 12.5. The van der Waals surface area contributed by atoms with Gasteiger partial charge in [0, 0.05) is 13.0 Å². The molecule has 0 aliphatic heterocycles. The van der Waals surface area contributed by atoms with Gasteiger partial charge in [0.15, 0.2) is 0 Å². The molecule has 0 saturated carbocycles.